The lowest BCUT2D eigenvalue weighted by molar-refractivity contribution is 0.133. The first kappa shape index (κ1) is 21.7. The van der Waals surface area contributed by atoms with Gasteiger partial charge >= 0.3 is 0 Å². The van der Waals surface area contributed by atoms with Gasteiger partial charge in [0.2, 0.25) is 0 Å². The molecule has 1 N–H and O–H groups in total. The molecular weight excluding hydrogens is 443 g/mol. The molecule has 0 saturated carbocycles. The number of hydrogen-bond acceptors (Lipinski definition) is 6. The molecule has 31 heavy (non-hydrogen) atoms. The summed E-state index contributed by atoms with van der Waals surface area (Å²) < 4.78 is 38.8. The second kappa shape index (κ2) is 9.33. The summed E-state index contributed by atoms with van der Waals surface area (Å²) in [5.41, 5.74) is 1.27. The molecule has 2 heterocycles. The van der Waals surface area contributed by atoms with Crippen LogP contribution in [0.2, 0.25) is 5.02 Å². The van der Waals surface area contributed by atoms with Gasteiger partial charge in [-0.15, -0.1) is 0 Å². The Morgan fingerprint density at radius 1 is 1.19 bits per heavy atom. The summed E-state index contributed by atoms with van der Waals surface area (Å²) in [6, 6.07) is 8.01. The summed E-state index contributed by atoms with van der Waals surface area (Å²) in [4.78, 5) is 8.66. The lowest BCUT2D eigenvalue weighted by Gasteiger charge is -2.30. The first-order chi connectivity index (χ1) is 14.9. The maximum atomic E-state index is 13.5. The van der Waals surface area contributed by atoms with Crippen molar-refractivity contribution < 1.29 is 18.1 Å². The number of hydrogen-bond donors (Lipinski definition) is 1. The number of nitrogens with one attached hydrogen (secondary N) is 1. The van der Waals surface area contributed by atoms with Crippen LogP contribution in [-0.2, 0) is 11.0 Å². The van der Waals surface area contributed by atoms with Crippen LogP contribution in [0.4, 0.5) is 15.9 Å². The fraction of sp³-hybridized carbons (Fsp3) is 0.333. The van der Waals surface area contributed by atoms with Crippen LogP contribution in [-0.4, -0.2) is 51.0 Å². The Labute approximate surface area is 187 Å². The van der Waals surface area contributed by atoms with Crippen molar-refractivity contribution in [1.29, 1.82) is 0 Å². The number of aromatic nitrogens is 2. The fourth-order valence-corrected chi connectivity index (χ4v) is 4.42. The number of rotatable bonds is 6. The standard InChI is InChI=1S/C21H22ClFN4O3S/c1-29-19-11-18-15(10-20(19)30-14-5-7-27(8-6-14)31(2)28)21(25-12-24-18)26-13-3-4-17(23)16(22)9-13/h3-4,9-12,14H,5-8H2,1-2H3,(H,24,25,26). The van der Waals surface area contributed by atoms with Gasteiger partial charge in [-0.3, -0.25) is 0 Å². The lowest BCUT2D eigenvalue weighted by Crippen LogP contribution is -2.38. The molecule has 1 aliphatic heterocycles. The average molecular weight is 465 g/mol. The predicted octanol–water partition coefficient (Wildman–Crippen LogP) is 4.31. The maximum absolute atomic E-state index is 13.5. The number of halogens is 2. The van der Waals surface area contributed by atoms with E-state index in [1.165, 1.54) is 18.5 Å². The number of piperidine rings is 1. The number of nitrogens with zero attached hydrogens (tertiary/aromatic N) is 3. The topological polar surface area (TPSA) is 76.6 Å². The number of fused-ring (bicyclic) bond motifs is 1. The summed E-state index contributed by atoms with van der Waals surface area (Å²) in [5.74, 6) is 1.21. The van der Waals surface area contributed by atoms with Gasteiger partial charge in [0, 0.05) is 36.5 Å². The fourth-order valence-electron chi connectivity index (χ4n) is 3.51. The van der Waals surface area contributed by atoms with Crippen LogP contribution in [0, 0.1) is 5.82 Å². The van der Waals surface area contributed by atoms with Gasteiger partial charge in [-0.1, -0.05) is 11.6 Å². The van der Waals surface area contributed by atoms with E-state index in [1.807, 2.05) is 10.4 Å². The van der Waals surface area contributed by atoms with Crippen molar-refractivity contribution in [1.82, 2.24) is 14.3 Å². The van der Waals surface area contributed by atoms with E-state index in [0.717, 1.165) is 18.2 Å². The summed E-state index contributed by atoms with van der Waals surface area (Å²) in [5, 5.41) is 3.91. The third-order valence-corrected chi connectivity index (χ3v) is 6.54. The van der Waals surface area contributed by atoms with Crippen molar-refractivity contribution in [3.05, 3.63) is 47.5 Å². The van der Waals surface area contributed by atoms with Crippen molar-refractivity contribution in [2.75, 3.05) is 31.8 Å². The Bertz CT molecular complexity index is 1130. The average Bonchev–Trinajstić information content (AvgIpc) is 2.76. The van der Waals surface area contributed by atoms with Gasteiger partial charge in [0.15, 0.2) is 11.5 Å². The second-order valence-electron chi connectivity index (χ2n) is 7.17. The second-order valence-corrected chi connectivity index (χ2v) is 8.94. The van der Waals surface area contributed by atoms with Gasteiger partial charge < -0.3 is 14.8 Å². The Hall–Kier alpha value is -2.49. The Kier molecular flexibility index (Phi) is 6.54. The highest BCUT2D eigenvalue weighted by molar-refractivity contribution is 7.81. The maximum Gasteiger partial charge on any atom is 0.162 e. The smallest absolute Gasteiger partial charge is 0.162 e. The summed E-state index contributed by atoms with van der Waals surface area (Å²) in [6.45, 7) is 1.43. The zero-order chi connectivity index (χ0) is 22.0. The molecule has 1 saturated heterocycles. The molecule has 164 valence electrons. The molecule has 1 unspecified atom stereocenters. The van der Waals surface area contributed by atoms with Crippen LogP contribution in [0.3, 0.4) is 0 Å². The van der Waals surface area contributed by atoms with E-state index >= 15 is 0 Å². The van der Waals surface area contributed by atoms with Crippen molar-refractivity contribution in [2.45, 2.75) is 18.9 Å². The summed E-state index contributed by atoms with van der Waals surface area (Å²) >= 11 is 5.89. The zero-order valence-corrected chi connectivity index (χ0v) is 18.7. The van der Waals surface area contributed by atoms with Crippen LogP contribution in [0.15, 0.2) is 36.7 Å². The van der Waals surface area contributed by atoms with Crippen molar-refractivity contribution in [2.24, 2.45) is 0 Å². The highest BCUT2D eigenvalue weighted by atomic mass is 35.5. The number of methoxy groups -OCH3 is 1. The van der Waals surface area contributed by atoms with E-state index in [2.05, 4.69) is 15.3 Å². The van der Waals surface area contributed by atoms with Crippen molar-refractivity contribution in [3.8, 4) is 11.5 Å². The van der Waals surface area contributed by atoms with Crippen molar-refractivity contribution >= 4 is 45.0 Å². The monoisotopic (exact) mass is 464 g/mol. The van der Waals surface area contributed by atoms with Gasteiger partial charge in [0.05, 0.1) is 28.6 Å². The number of anilines is 2. The molecule has 0 spiro atoms. The highest BCUT2D eigenvalue weighted by Gasteiger charge is 2.24. The van der Waals surface area contributed by atoms with Crippen LogP contribution in [0.25, 0.3) is 10.9 Å². The molecule has 0 radical (unpaired) electrons. The molecule has 0 bridgehead atoms. The van der Waals surface area contributed by atoms with Crippen molar-refractivity contribution in [3.63, 3.8) is 0 Å². The molecule has 1 aliphatic rings. The minimum absolute atomic E-state index is 0.0110. The Morgan fingerprint density at radius 2 is 1.97 bits per heavy atom. The largest absolute Gasteiger partial charge is 0.493 e. The number of ether oxygens (including phenoxy) is 2. The highest BCUT2D eigenvalue weighted by Crippen LogP contribution is 2.36. The van der Waals surface area contributed by atoms with Crippen LogP contribution < -0.4 is 14.8 Å². The van der Waals surface area contributed by atoms with E-state index in [9.17, 15) is 8.60 Å². The zero-order valence-electron chi connectivity index (χ0n) is 17.1. The molecule has 10 heteroatoms. The van der Waals surface area contributed by atoms with E-state index in [0.29, 0.717) is 41.6 Å². The van der Waals surface area contributed by atoms with E-state index in [-0.39, 0.29) is 11.1 Å². The number of benzene rings is 2. The normalized spacial score (nSPS) is 16.3. The Morgan fingerprint density at radius 3 is 2.65 bits per heavy atom. The molecule has 2 aromatic carbocycles. The molecule has 3 aromatic rings. The van der Waals surface area contributed by atoms with Crippen LogP contribution >= 0.6 is 11.6 Å². The third-order valence-electron chi connectivity index (χ3n) is 5.16. The minimum atomic E-state index is -0.968. The van der Waals surface area contributed by atoms with E-state index in [4.69, 9.17) is 21.1 Å². The van der Waals surface area contributed by atoms with Gasteiger partial charge in [0.25, 0.3) is 0 Å². The lowest BCUT2D eigenvalue weighted by atomic mass is 10.1. The van der Waals surface area contributed by atoms with E-state index in [1.54, 1.807) is 25.5 Å². The molecule has 0 amide bonds. The summed E-state index contributed by atoms with van der Waals surface area (Å²) in [6.07, 6.45) is 4.66. The summed E-state index contributed by atoms with van der Waals surface area (Å²) in [7, 11) is 0.613. The van der Waals surface area contributed by atoms with Gasteiger partial charge in [0.1, 0.15) is 24.1 Å². The minimum Gasteiger partial charge on any atom is -0.493 e. The molecule has 1 aromatic heterocycles. The molecule has 4 rings (SSSR count). The predicted molar refractivity (Wildman–Crippen MR) is 120 cm³/mol. The van der Waals surface area contributed by atoms with Gasteiger partial charge in [-0.2, -0.15) is 0 Å². The molecule has 0 aliphatic carbocycles. The third kappa shape index (κ3) is 4.89. The van der Waals surface area contributed by atoms with Crippen LogP contribution in [0.1, 0.15) is 12.8 Å². The first-order valence-electron chi connectivity index (χ1n) is 9.74. The molecular formula is C21H22ClFN4O3S. The first-order valence-corrected chi connectivity index (χ1v) is 11.6. The molecule has 1 atom stereocenters. The molecule has 1 fully saturated rings. The van der Waals surface area contributed by atoms with Crippen LogP contribution in [0.5, 0.6) is 11.5 Å². The van der Waals surface area contributed by atoms with E-state index < -0.39 is 16.8 Å². The van der Waals surface area contributed by atoms with Gasteiger partial charge in [-0.25, -0.2) is 22.9 Å². The Balaban J connectivity index is 1.62. The SMILES string of the molecule is COc1cc2ncnc(Nc3ccc(F)c(Cl)c3)c2cc1OC1CCN(S(C)=O)CC1. The molecule has 7 nitrogen and oxygen atoms in total. The van der Waals surface area contributed by atoms with Gasteiger partial charge in [-0.05, 0) is 37.1 Å². The quantitative estimate of drug-likeness (QED) is 0.585.